The molecule has 6 nitrogen and oxygen atoms in total. The highest BCUT2D eigenvalue weighted by Crippen LogP contribution is 2.32. The van der Waals surface area contributed by atoms with Crippen LogP contribution in [0.3, 0.4) is 0 Å². The van der Waals surface area contributed by atoms with Gasteiger partial charge in [0.25, 0.3) is 5.91 Å². The average molecular weight is 486 g/mol. The minimum atomic E-state index is -4.63. The summed E-state index contributed by atoms with van der Waals surface area (Å²) in [6.07, 6.45) is -0.858. The number of carbonyl (C=O) groups excluding carboxylic acids is 1. The van der Waals surface area contributed by atoms with Gasteiger partial charge in [0.1, 0.15) is 5.69 Å². The topological polar surface area (TPSA) is 79.4 Å². The monoisotopic (exact) mass is 485 g/mol. The number of nitrogens with zero attached hydrogens (tertiary/aromatic N) is 2. The van der Waals surface area contributed by atoms with E-state index in [4.69, 9.17) is 11.6 Å². The smallest absolute Gasteiger partial charge is 0.348 e. The number of hydrogen-bond donors (Lipinski definition) is 1. The Morgan fingerprint density at radius 1 is 1.19 bits per heavy atom. The van der Waals surface area contributed by atoms with Crippen molar-refractivity contribution in [1.82, 2.24) is 14.6 Å². The molecular formula is C21H19ClF3N3O3S. The number of aromatic nitrogens is 1. The lowest BCUT2D eigenvalue weighted by Gasteiger charge is -2.26. The van der Waals surface area contributed by atoms with Crippen LogP contribution in [0.5, 0.6) is 0 Å². The summed E-state index contributed by atoms with van der Waals surface area (Å²) in [7, 11) is -4.10. The molecule has 2 aromatic rings. The summed E-state index contributed by atoms with van der Waals surface area (Å²) in [6.45, 7) is 0.0418. The maximum atomic E-state index is 13.0. The number of sulfonamides is 1. The van der Waals surface area contributed by atoms with Crippen LogP contribution in [0.1, 0.15) is 41.0 Å². The molecular weight excluding hydrogens is 467 g/mol. The molecule has 1 aliphatic carbocycles. The number of hydrogen-bond acceptors (Lipinski definition) is 4. The molecule has 0 bridgehead atoms. The van der Waals surface area contributed by atoms with Crippen molar-refractivity contribution < 1.29 is 26.4 Å². The highest BCUT2D eigenvalue weighted by molar-refractivity contribution is 7.89. The number of pyridine rings is 1. The standard InChI is InChI=1S/C21H19ClF3N3O3S/c22-17-6-7-18(27-19(17)20(29)26-15-4-5-15)13-8-10-28(11-9-13)32(30,31)16-3-1-2-14(12-16)21(23,24)25/h1-3,6-8,12,15H,4-5,9-11H2,(H,26,29). The molecule has 11 heteroatoms. The third kappa shape index (κ3) is 4.82. The van der Waals surface area contributed by atoms with Crippen LogP contribution >= 0.6 is 11.6 Å². The van der Waals surface area contributed by atoms with Crippen LogP contribution in [0.15, 0.2) is 47.4 Å². The Morgan fingerprint density at radius 2 is 1.94 bits per heavy atom. The van der Waals surface area contributed by atoms with E-state index in [2.05, 4.69) is 10.3 Å². The lowest BCUT2D eigenvalue weighted by Crippen LogP contribution is -2.35. The number of nitrogens with one attached hydrogen (secondary N) is 1. The van der Waals surface area contributed by atoms with Crippen molar-refractivity contribution in [2.45, 2.75) is 36.4 Å². The fraction of sp³-hybridized carbons (Fsp3) is 0.333. The van der Waals surface area contributed by atoms with Crippen LogP contribution in [-0.2, 0) is 16.2 Å². The minimum absolute atomic E-state index is 0.0260. The normalized spacial score (nSPS) is 17.7. The first-order valence-corrected chi connectivity index (χ1v) is 11.7. The van der Waals surface area contributed by atoms with Crippen LogP contribution in [0.2, 0.25) is 5.02 Å². The molecule has 2 aliphatic rings. The predicted octanol–water partition coefficient (Wildman–Crippen LogP) is 4.12. The summed E-state index contributed by atoms with van der Waals surface area (Å²) >= 11 is 6.12. The molecule has 1 aromatic heterocycles. The van der Waals surface area contributed by atoms with E-state index in [1.54, 1.807) is 18.2 Å². The van der Waals surface area contributed by atoms with Crippen LogP contribution < -0.4 is 5.32 Å². The predicted molar refractivity (Wildman–Crippen MR) is 113 cm³/mol. The van der Waals surface area contributed by atoms with Gasteiger partial charge in [0.05, 0.1) is 21.2 Å². The molecule has 0 radical (unpaired) electrons. The number of benzene rings is 1. The molecule has 32 heavy (non-hydrogen) atoms. The van der Waals surface area contributed by atoms with E-state index >= 15 is 0 Å². The number of alkyl halides is 3. The first-order chi connectivity index (χ1) is 15.1. The van der Waals surface area contributed by atoms with Gasteiger partial charge in [-0.2, -0.15) is 17.5 Å². The molecule has 1 fully saturated rings. The van der Waals surface area contributed by atoms with Gasteiger partial charge in [-0.05, 0) is 55.2 Å². The van der Waals surface area contributed by atoms with E-state index in [0.717, 1.165) is 40.9 Å². The van der Waals surface area contributed by atoms with Gasteiger partial charge in [0.15, 0.2) is 0 Å². The SMILES string of the molecule is O=C(NC1CC1)c1nc(C2=CCN(S(=O)(=O)c3cccc(C(F)(F)F)c3)CC2)ccc1Cl. The van der Waals surface area contributed by atoms with Gasteiger partial charge in [0, 0.05) is 19.1 Å². The van der Waals surface area contributed by atoms with Crippen molar-refractivity contribution in [3.63, 3.8) is 0 Å². The number of rotatable bonds is 5. The molecule has 170 valence electrons. The quantitative estimate of drug-likeness (QED) is 0.691. The molecule has 1 amide bonds. The molecule has 2 heterocycles. The second-order valence-electron chi connectivity index (χ2n) is 7.64. The first kappa shape index (κ1) is 22.8. The van der Waals surface area contributed by atoms with E-state index in [9.17, 15) is 26.4 Å². The molecule has 1 N–H and O–H groups in total. The summed E-state index contributed by atoms with van der Waals surface area (Å²) in [5.74, 6) is -0.357. The second kappa shape index (κ2) is 8.49. The largest absolute Gasteiger partial charge is 0.416 e. The molecule has 1 saturated carbocycles. The van der Waals surface area contributed by atoms with Gasteiger partial charge in [-0.25, -0.2) is 13.4 Å². The van der Waals surface area contributed by atoms with E-state index in [1.807, 2.05) is 0 Å². The Hall–Kier alpha value is -2.43. The summed E-state index contributed by atoms with van der Waals surface area (Å²) in [4.78, 5) is 16.3. The third-order valence-corrected chi connectivity index (χ3v) is 7.44. The van der Waals surface area contributed by atoms with Crippen LogP contribution in [-0.4, -0.2) is 42.7 Å². The fourth-order valence-electron chi connectivity index (χ4n) is 3.35. The van der Waals surface area contributed by atoms with Crippen molar-refractivity contribution in [2.24, 2.45) is 0 Å². The molecule has 1 aliphatic heterocycles. The first-order valence-electron chi connectivity index (χ1n) is 9.90. The maximum absolute atomic E-state index is 13.0. The molecule has 0 unspecified atom stereocenters. The fourth-order valence-corrected chi connectivity index (χ4v) is 4.96. The zero-order chi connectivity index (χ0) is 23.1. The molecule has 0 saturated heterocycles. The Labute approximate surface area is 188 Å². The van der Waals surface area contributed by atoms with Gasteiger partial charge in [-0.3, -0.25) is 4.79 Å². The Balaban J connectivity index is 1.53. The summed E-state index contributed by atoms with van der Waals surface area (Å²) in [6, 6.07) is 7.06. The number of halogens is 4. The van der Waals surface area contributed by atoms with Crippen molar-refractivity contribution >= 4 is 33.1 Å². The summed E-state index contributed by atoms with van der Waals surface area (Å²) in [5, 5.41) is 3.05. The molecule has 0 atom stereocenters. The lowest BCUT2D eigenvalue weighted by molar-refractivity contribution is -0.137. The zero-order valence-corrected chi connectivity index (χ0v) is 18.3. The Bertz CT molecular complexity index is 1190. The van der Waals surface area contributed by atoms with Crippen LogP contribution in [0.4, 0.5) is 13.2 Å². The average Bonchev–Trinajstić information content (AvgIpc) is 3.57. The second-order valence-corrected chi connectivity index (χ2v) is 9.99. The van der Waals surface area contributed by atoms with E-state index < -0.39 is 26.7 Å². The maximum Gasteiger partial charge on any atom is 0.416 e. The highest BCUT2D eigenvalue weighted by Gasteiger charge is 2.33. The van der Waals surface area contributed by atoms with Gasteiger partial charge < -0.3 is 5.32 Å². The highest BCUT2D eigenvalue weighted by atomic mass is 35.5. The Kier molecular flexibility index (Phi) is 6.04. The number of carbonyl (C=O) groups is 1. The van der Waals surface area contributed by atoms with Crippen molar-refractivity contribution in [2.75, 3.05) is 13.1 Å². The molecule has 1 aromatic carbocycles. The lowest BCUT2D eigenvalue weighted by atomic mass is 10.0. The van der Waals surface area contributed by atoms with Crippen LogP contribution in [0.25, 0.3) is 5.57 Å². The van der Waals surface area contributed by atoms with Gasteiger partial charge in [0.2, 0.25) is 10.0 Å². The van der Waals surface area contributed by atoms with Crippen molar-refractivity contribution in [1.29, 1.82) is 0 Å². The van der Waals surface area contributed by atoms with Crippen molar-refractivity contribution in [3.8, 4) is 0 Å². The number of amides is 1. The van der Waals surface area contributed by atoms with E-state index in [-0.39, 0.29) is 42.2 Å². The minimum Gasteiger partial charge on any atom is -0.348 e. The van der Waals surface area contributed by atoms with Gasteiger partial charge in [-0.15, -0.1) is 0 Å². The zero-order valence-electron chi connectivity index (χ0n) is 16.7. The molecule has 0 spiro atoms. The van der Waals surface area contributed by atoms with Gasteiger partial charge >= 0.3 is 6.18 Å². The van der Waals surface area contributed by atoms with E-state index in [1.165, 1.54) is 0 Å². The van der Waals surface area contributed by atoms with E-state index in [0.29, 0.717) is 11.8 Å². The Morgan fingerprint density at radius 3 is 2.56 bits per heavy atom. The molecule has 4 rings (SSSR count). The third-order valence-electron chi connectivity index (χ3n) is 5.27. The summed E-state index contributed by atoms with van der Waals surface area (Å²) < 4.78 is 65.7. The van der Waals surface area contributed by atoms with Crippen molar-refractivity contribution in [3.05, 3.63) is 64.4 Å². The van der Waals surface area contributed by atoms with Gasteiger partial charge in [-0.1, -0.05) is 23.7 Å². The summed E-state index contributed by atoms with van der Waals surface area (Å²) in [5.41, 5.74) is 0.328. The van der Waals surface area contributed by atoms with Crippen LogP contribution in [0, 0.1) is 0 Å².